The van der Waals surface area contributed by atoms with Gasteiger partial charge in [-0.15, -0.1) is 5.10 Å². The minimum Gasteiger partial charge on any atom is -0.338 e. The van der Waals surface area contributed by atoms with Crippen molar-refractivity contribution in [3.63, 3.8) is 0 Å². The molecule has 1 amide bonds. The Labute approximate surface area is 161 Å². The van der Waals surface area contributed by atoms with Crippen molar-refractivity contribution in [3.05, 3.63) is 65.5 Å². The van der Waals surface area contributed by atoms with Crippen LogP contribution < -0.4 is 0 Å². The van der Waals surface area contributed by atoms with Crippen molar-refractivity contribution in [3.8, 4) is 5.69 Å². The molecule has 1 aromatic heterocycles. The third-order valence-corrected chi connectivity index (χ3v) is 5.34. The highest BCUT2D eigenvalue weighted by Gasteiger charge is 2.19. The fraction of sp³-hybridized carbons (Fsp3) is 0.263. The van der Waals surface area contributed by atoms with Crippen molar-refractivity contribution >= 4 is 17.7 Å². The summed E-state index contributed by atoms with van der Waals surface area (Å²) in [7, 11) is 1.74. The number of para-hydroxylation sites is 1. The van der Waals surface area contributed by atoms with Gasteiger partial charge in [-0.05, 0) is 53.6 Å². The normalized spacial score (nSPS) is 12.0. The van der Waals surface area contributed by atoms with Crippen molar-refractivity contribution in [2.24, 2.45) is 0 Å². The van der Waals surface area contributed by atoms with Crippen LogP contribution in [-0.2, 0) is 4.79 Å². The number of carbonyl (C=O) groups excluding carboxylic acids is 1. The minimum atomic E-state index is -0.293. The molecule has 0 saturated heterocycles. The third-order valence-electron chi connectivity index (χ3n) is 4.44. The Morgan fingerprint density at radius 1 is 1.22 bits per heavy atom. The van der Waals surface area contributed by atoms with Crippen molar-refractivity contribution in [2.75, 3.05) is 12.8 Å². The predicted octanol–water partition coefficient (Wildman–Crippen LogP) is 3.42. The maximum Gasteiger partial charge on any atom is 0.233 e. The van der Waals surface area contributed by atoms with E-state index in [1.807, 2.05) is 38.1 Å². The van der Waals surface area contributed by atoms with Crippen molar-refractivity contribution in [2.45, 2.75) is 25.0 Å². The van der Waals surface area contributed by atoms with Gasteiger partial charge in [0.2, 0.25) is 11.1 Å². The summed E-state index contributed by atoms with van der Waals surface area (Å²) in [5, 5.41) is 12.4. The van der Waals surface area contributed by atoms with Crippen LogP contribution in [0.1, 0.15) is 24.1 Å². The lowest BCUT2D eigenvalue weighted by molar-refractivity contribution is -0.128. The lowest BCUT2D eigenvalue weighted by Crippen LogP contribution is -2.31. The van der Waals surface area contributed by atoms with Gasteiger partial charge in [0.15, 0.2) is 0 Å². The number of amides is 1. The van der Waals surface area contributed by atoms with Gasteiger partial charge in [0.1, 0.15) is 5.82 Å². The maximum atomic E-state index is 13.1. The van der Waals surface area contributed by atoms with E-state index in [4.69, 9.17) is 0 Å². The van der Waals surface area contributed by atoms with Crippen LogP contribution in [0.4, 0.5) is 4.39 Å². The van der Waals surface area contributed by atoms with Gasteiger partial charge < -0.3 is 4.90 Å². The van der Waals surface area contributed by atoms with E-state index in [0.29, 0.717) is 5.16 Å². The van der Waals surface area contributed by atoms with Crippen LogP contribution in [0.3, 0.4) is 0 Å². The van der Waals surface area contributed by atoms with Crippen LogP contribution in [0.25, 0.3) is 5.69 Å². The molecule has 1 heterocycles. The fourth-order valence-corrected chi connectivity index (χ4v) is 3.44. The first-order chi connectivity index (χ1) is 13.0. The molecule has 0 N–H and O–H groups in total. The SMILES string of the molecule is Cc1ccccc1-n1nnnc1SCC(=O)N(C)C(C)c1ccc(F)cc1. The smallest absolute Gasteiger partial charge is 0.233 e. The molecule has 3 aromatic rings. The molecule has 0 aliphatic carbocycles. The Balaban J connectivity index is 1.67. The zero-order valence-corrected chi connectivity index (χ0v) is 16.2. The van der Waals surface area contributed by atoms with Crippen LogP contribution in [0.15, 0.2) is 53.7 Å². The molecule has 0 aliphatic rings. The number of halogens is 1. The van der Waals surface area contributed by atoms with Crippen LogP contribution in [0.2, 0.25) is 0 Å². The molecule has 0 radical (unpaired) electrons. The first-order valence-electron chi connectivity index (χ1n) is 8.45. The summed E-state index contributed by atoms with van der Waals surface area (Å²) in [6.45, 7) is 3.89. The summed E-state index contributed by atoms with van der Waals surface area (Å²) >= 11 is 1.28. The number of hydrogen-bond donors (Lipinski definition) is 0. The van der Waals surface area contributed by atoms with Crippen LogP contribution in [0.5, 0.6) is 0 Å². The van der Waals surface area contributed by atoms with E-state index in [1.165, 1.54) is 23.9 Å². The Kier molecular flexibility index (Phi) is 5.85. The number of carbonyl (C=O) groups is 1. The van der Waals surface area contributed by atoms with E-state index in [2.05, 4.69) is 15.5 Å². The Hall–Kier alpha value is -2.74. The zero-order chi connectivity index (χ0) is 19.4. The van der Waals surface area contributed by atoms with Gasteiger partial charge in [0.25, 0.3) is 0 Å². The Bertz CT molecular complexity index is 928. The topological polar surface area (TPSA) is 63.9 Å². The Morgan fingerprint density at radius 3 is 2.63 bits per heavy atom. The molecule has 0 aliphatic heterocycles. The third kappa shape index (κ3) is 4.33. The number of aromatic nitrogens is 4. The van der Waals surface area contributed by atoms with E-state index in [0.717, 1.165) is 16.8 Å². The van der Waals surface area contributed by atoms with E-state index >= 15 is 0 Å². The highest BCUT2D eigenvalue weighted by molar-refractivity contribution is 7.99. The number of tetrazole rings is 1. The van der Waals surface area contributed by atoms with Gasteiger partial charge in [0, 0.05) is 7.05 Å². The lowest BCUT2D eigenvalue weighted by Gasteiger charge is -2.25. The fourth-order valence-electron chi connectivity index (χ4n) is 2.63. The second kappa shape index (κ2) is 8.30. The number of nitrogens with zero attached hydrogens (tertiary/aromatic N) is 5. The molecule has 0 fully saturated rings. The van der Waals surface area contributed by atoms with Gasteiger partial charge in [-0.25, -0.2) is 4.39 Å². The molecule has 140 valence electrons. The summed E-state index contributed by atoms with van der Waals surface area (Å²) < 4.78 is 14.7. The maximum absolute atomic E-state index is 13.1. The molecule has 27 heavy (non-hydrogen) atoms. The molecule has 3 rings (SSSR count). The summed E-state index contributed by atoms with van der Waals surface area (Å²) in [6.07, 6.45) is 0. The van der Waals surface area contributed by atoms with Crippen LogP contribution in [-0.4, -0.2) is 43.8 Å². The molecule has 0 saturated carbocycles. The van der Waals surface area contributed by atoms with Crippen molar-refractivity contribution < 1.29 is 9.18 Å². The average Bonchev–Trinajstić information content (AvgIpc) is 3.14. The number of rotatable bonds is 6. The van der Waals surface area contributed by atoms with Crippen molar-refractivity contribution in [1.82, 2.24) is 25.1 Å². The second-order valence-corrected chi connectivity index (χ2v) is 7.12. The van der Waals surface area contributed by atoms with Gasteiger partial charge in [-0.1, -0.05) is 42.1 Å². The van der Waals surface area contributed by atoms with E-state index < -0.39 is 0 Å². The predicted molar refractivity (Wildman–Crippen MR) is 102 cm³/mol. The minimum absolute atomic E-state index is 0.0591. The van der Waals surface area contributed by atoms with Crippen molar-refractivity contribution in [1.29, 1.82) is 0 Å². The monoisotopic (exact) mass is 385 g/mol. The lowest BCUT2D eigenvalue weighted by atomic mass is 10.1. The van der Waals surface area contributed by atoms with Gasteiger partial charge in [0.05, 0.1) is 17.5 Å². The molecular weight excluding hydrogens is 365 g/mol. The highest BCUT2D eigenvalue weighted by atomic mass is 32.2. The van der Waals surface area contributed by atoms with Gasteiger partial charge in [-0.2, -0.15) is 4.68 Å². The first kappa shape index (κ1) is 19.0. The second-order valence-electron chi connectivity index (χ2n) is 6.18. The number of hydrogen-bond acceptors (Lipinski definition) is 5. The van der Waals surface area contributed by atoms with Crippen LogP contribution >= 0.6 is 11.8 Å². The zero-order valence-electron chi connectivity index (χ0n) is 15.3. The van der Waals surface area contributed by atoms with E-state index in [9.17, 15) is 9.18 Å². The van der Waals surface area contributed by atoms with E-state index in [1.54, 1.807) is 28.8 Å². The molecule has 1 unspecified atom stereocenters. The summed E-state index contributed by atoms with van der Waals surface area (Å²) in [5.74, 6) is -0.149. The van der Waals surface area contributed by atoms with Crippen LogP contribution in [0, 0.1) is 12.7 Å². The largest absolute Gasteiger partial charge is 0.338 e. The highest BCUT2D eigenvalue weighted by Crippen LogP contribution is 2.23. The summed E-state index contributed by atoms with van der Waals surface area (Å²) in [5.41, 5.74) is 2.80. The standard InChI is InChI=1S/C19H20FN5OS/c1-13-6-4-5-7-17(13)25-19(21-22-23-25)27-12-18(26)24(3)14(2)15-8-10-16(20)11-9-15/h4-11,14H,12H2,1-3H3. The number of benzene rings is 2. The van der Waals surface area contributed by atoms with Gasteiger partial charge in [-0.3, -0.25) is 4.79 Å². The average molecular weight is 385 g/mol. The quantitative estimate of drug-likeness (QED) is 0.609. The van der Waals surface area contributed by atoms with E-state index in [-0.39, 0.29) is 23.5 Å². The molecular formula is C19H20FN5OS. The summed E-state index contributed by atoms with van der Waals surface area (Å²) in [6, 6.07) is 13.8. The molecule has 6 nitrogen and oxygen atoms in total. The molecule has 2 aromatic carbocycles. The molecule has 0 bridgehead atoms. The Morgan fingerprint density at radius 2 is 1.93 bits per heavy atom. The number of aryl methyl sites for hydroxylation is 1. The number of thioether (sulfide) groups is 1. The molecule has 1 atom stereocenters. The first-order valence-corrected chi connectivity index (χ1v) is 9.44. The molecule has 0 spiro atoms. The molecule has 8 heteroatoms. The summed E-state index contributed by atoms with van der Waals surface area (Å²) in [4.78, 5) is 14.2. The van der Waals surface area contributed by atoms with Gasteiger partial charge >= 0.3 is 0 Å².